The number of nitrogens with zero attached hydrogens (tertiary/aromatic N) is 2. The van der Waals surface area contributed by atoms with Crippen molar-refractivity contribution in [3.8, 4) is 0 Å². The van der Waals surface area contributed by atoms with E-state index < -0.39 is 12.0 Å². The van der Waals surface area contributed by atoms with Gasteiger partial charge in [0.15, 0.2) is 0 Å². The van der Waals surface area contributed by atoms with Crippen LogP contribution in [0, 0.1) is 0 Å². The molecule has 1 heterocycles. The maximum Gasteiger partial charge on any atom is 0.326 e. The lowest BCUT2D eigenvalue weighted by Gasteiger charge is -2.26. The first-order valence-corrected chi connectivity index (χ1v) is 8.20. The maximum absolute atomic E-state index is 12.5. The minimum Gasteiger partial charge on any atom is -0.480 e. The van der Waals surface area contributed by atoms with Crippen LogP contribution < -0.4 is 5.32 Å². The van der Waals surface area contributed by atoms with Crippen molar-refractivity contribution in [3.05, 3.63) is 36.5 Å². The largest absolute Gasteiger partial charge is 0.480 e. The molecule has 0 saturated heterocycles. The molecule has 2 aromatic rings. The van der Waals surface area contributed by atoms with E-state index in [0.29, 0.717) is 6.54 Å². The van der Waals surface area contributed by atoms with Crippen molar-refractivity contribution in [2.75, 3.05) is 13.1 Å². The Hall–Kier alpha value is -2.83. The van der Waals surface area contributed by atoms with E-state index in [9.17, 15) is 19.5 Å². The Bertz CT molecular complexity index is 769. The molecule has 2 N–H and O–H groups in total. The zero-order chi connectivity index (χ0) is 18.4. The van der Waals surface area contributed by atoms with E-state index in [1.54, 1.807) is 0 Å². The number of amides is 2. The summed E-state index contributed by atoms with van der Waals surface area (Å²) >= 11 is 0. The summed E-state index contributed by atoms with van der Waals surface area (Å²) < 4.78 is 1.98. The molecule has 1 aromatic carbocycles. The van der Waals surface area contributed by atoms with Gasteiger partial charge in [-0.25, -0.2) is 4.79 Å². The van der Waals surface area contributed by atoms with Crippen LogP contribution in [0.15, 0.2) is 36.5 Å². The second-order valence-corrected chi connectivity index (χ2v) is 5.90. The standard InChI is InChI=1S/C18H23N3O4/c1-13(18(24)25)21(12-9-19-14(2)22)17(23)8-11-20-10-7-15-5-3-4-6-16(15)20/h3-7,10,13H,8-9,11-12H2,1-2H3,(H,19,22)(H,24,25). The highest BCUT2D eigenvalue weighted by Gasteiger charge is 2.25. The van der Waals surface area contributed by atoms with E-state index in [1.807, 2.05) is 41.1 Å². The topological polar surface area (TPSA) is 91.6 Å². The summed E-state index contributed by atoms with van der Waals surface area (Å²) in [5.74, 6) is -1.53. The van der Waals surface area contributed by atoms with Gasteiger partial charge in [0.25, 0.3) is 0 Å². The Morgan fingerprint density at radius 3 is 2.64 bits per heavy atom. The molecule has 1 unspecified atom stereocenters. The highest BCUT2D eigenvalue weighted by atomic mass is 16.4. The number of aromatic nitrogens is 1. The van der Waals surface area contributed by atoms with E-state index in [1.165, 1.54) is 18.7 Å². The second-order valence-electron chi connectivity index (χ2n) is 5.90. The Morgan fingerprint density at radius 1 is 1.24 bits per heavy atom. The zero-order valence-electron chi connectivity index (χ0n) is 14.4. The predicted octanol–water partition coefficient (Wildman–Crippen LogP) is 1.47. The van der Waals surface area contributed by atoms with Gasteiger partial charge in [-0.1, -0.05) is 18.2 Å². The lowest BCUT2D eigenvalue weighted by Crippen LogP contribution is -2.46. The van der Waals surface area contributed by atoms with Crippen LogP contribution in [0.2, 0.25) is 0 Å². The molecule has 0 fully saturated rings. The molecule has 0 saturated carbocycles. The number of carboxylic acids is 1. The minimum absolute atomic E-state index is 0.165. The van der Waals surface area contributed by atoms with Crippen LogP contribution in [0.25, 0.3) is 10.9 Å². The average molecular weight is 345 g/mol. The number of carbonyl (C=O) groups is 3. The van der Waals surface area contributed by atoms with E-state index >= 15 is 0 Å². The van der Waals surface area contributed by atoms with Gasteiger partial charge < -0.3 is 19.9 Å². The van der Waals surface area contributed by atoms with E-state index in [-0.39, 0.29) is 31.3 Å². The van der Waals surface area contributed by atoms with Crippen LogP contribution in [0.1, 0.15) is 20.3 Å². The second kappa shape index (κ2) is 8.32. The molecular weight excluding hydrogens is 322 g/mol. The summed E-state index contributed by atoms with van der Waals surface area (Å²) in [5, 5.41) is 12.9. The van der Waals surface area contributed by atoms with Crippen LogP contribution in [0.3, 0.4) is 0 Å². The van der Waals surface area contributed by atoms with Crippen LogP contribution in [-0.4, -0.2) is 51.5 Å². The van der Waals surface area contributed by atoms with Gasteiger partial charge in [-0.05, 0) is 24.4 Å². The predicted molar refractivity (Wildman–Crippen MR) is 94.0 cm³/mol. The van der Waals surface area contributed by atoms with Gasteiger partial charge in [-0.2, -0.15) is 0 Å². The van der Waals surface area contributed by atoms with Crippen LogP contribution in [-0.2, 0) is 20.9 Å². The molecule has 0 aliphatic heterocycles. The van der Waals surface area contributed by atoms with E-state index in [2.05, 4.69) is 5.32 Å². The van der Waals surface area contributed by atoms with Crippen molar-refractivity contribution in [2.45, 2.75) is 32.9 Å². The first-order chi connectivity index (χ1) is 11.9. The normalized spacial score (nSPS) is 11.9. The molecule has 7 heteroatoms. The fourth-order valence-electron chi connectivity index (χ4n) is 2.72. The third-order valence-corrected chi connectivity index (χ3v) is 4.12. The quantitative estimate of drug-likeness (QED) is 0.758. The molecule has 25 heavy (non-hydrogen) atoms. The zero-order valence-corrected chi connectivity index (χ0v) is 14.4. The number of nitrogens with one attached hydrogen (secondary N) is 1. The third-order valence-electron chi connectivity index (χ3n) is 4.12. The lowest BCUT2D eigenvalue weighted by atomic mass is 10.2. The number of carbonyl (C=O) groups excluding carboxylic acids is 2. The summed E-state index contributed by atoms with van der Waals surface area (Å²) in [7, 11) is 0. The Kier molecular flexibility index (Phi) is 6.16. The van der Waals surface area contributed by atoms with Gasteiger partial charge in [0.1, 0.15) is 6.04 Å². The number of rotatable bonds is 8. The average Bonchev–Trinajstić information content (AvgIpc) is 2.99. The van der Waals surface area contributed by atoms with Gasteiger partial charge in [-0.15, -0.1) is 0 Å². The highest BCUT2D eigenvalue weighted by molar-refractivity contribution is 5.84. The summed E-state index contributed by atoms with van der Waals surface area (Å²) in [6.07, 6.45) is 2.11. The number of carboxylic acid groups (broad SMARTS) is 1. The molecule has 0 spiro atoms. The number of aliphatic carboxylic acids is 1. The van der Waals surface area contributed by atoms with Crippen molar-refractivity contribution in [3.63, 3.8) is 0 Å². The number of para-hydroxylation sites is 1. The van der Waals surface area contributed by atoms with Gasteiger partial charge in [-0.3, -0.25) is 9.59 Å². The van der Waals surface area contributed by atoms with E-state index in [0.717, 1.165) is 10.9 Å². The molecule has 0 radical (unpaired) electrons. The number of aryl methyl sites for hydroxylation is 1. The van der Waals surface area contributed by atoms with Crippen molar-refractivity contribution in [2.24, 2.45) is 0 Å². The third kappa shape index (κ3) is 4.82. The summed E-state index contributed by atoms with van der Waals surface area (Å²) in [6.45, 7) is 3.71. The van der Waals surface area contributed by atoms with Crippen LogP contribution >= 0.6 is 0 Å². The van der Waals surface area contributed by atoms with Gasteiger partial charge in [0.05, 0.1) is 0 Å². The molecule has 2 amide bonds. The molecule has 134 valence electrons. The van der Waals surface area contributed by atoms with Crippen molar-refractivity contribution >= 4 is 28.7 Å². The Balaban J connectivity index is 2.02. The van der Waals surface area contributed by atoms with Crippen LogP contribution in [0.5, 0.6) is 0 Å². The van der Waals surface area contributed by atoms with E-state index in [4.69, 9.17) is 0 Å². The molecule has 1 atom stereocenters. The van der Waals surface area contributed by atoms with Gasteiger partial charge >= 0.3 is 5.97 Å². The lowest BCUT2D eigenvalue weighted by molar-refractivity contribution is -0.149. The van der Waals surface area contributed by atoms with Gasteiger partial charge in [0, 0.05) is 44.7 Å². The summed E-state index contributed by atoms with van der Waals surface area (Å²) in [4.78, 5) is 36.1. The number of hydrogen-bond acceptors (Lipinski definition) is 3. The molecule has 0 aliphatic carbocycles. The Morgan fingerprint density at radius 2 is 1.96 bits per heavy atom. The number of benzene rings is 1. The first kappa shape index (κ1) is 18.5. The molecule has 7 nitrogen and oxygen atoms in total. The summed E-state index contributed by atoms with van der Waals surface area (Å²) in [6, 6.07) is 8.91. The molecule has 2 rings (SSSR count). The van der Waals surface area contributed by atoms with Gasteiger partial charge in [0.2, 0.25) is 11.8 Å². The maximum atomic E-state index is 12.5. The molecule has 0 aliphatic rings. The molecule has 1 aromatic heterocycles. The number of hydrogen-bond donors (Lipinski definition) is 2. The fourth-order valence-corrected chi connectivity index (χ4v) is 2.72. The monoisotopic (exact) mass is 345 g/mol. The van der Waals surface area contributed by atoms with Crippen LogP contribution in [0.4, 0.5) is 0 Å². The molecule has 0 bridgehead atoms. The van der Waals surface area contributed by atoms with Crippen molar-refractivity contribution in [1.82, 2.24) is 14.8 Å². The first-order valence-electron chi connectivity index (χ1n) is 8.20. The smallest absolute Gasteiger partial charge is 0.326 e. The summed E-state index contributed by atoms with van der Waals surface area (Å²) in [5.41, 5.74) is 1.03. The van der Waals surface area contributed by atoms with Crippen molar-refractivity contribution in [1.29, 1.82) is 0 Å². The Labute approximate surface area is 146 Å². The molecular formula is C18H23N3O4. The van der Waals surface area contributed by atoms with Crippen molar-refractivity contribution < 1.29 is 19.5 Å². The fraction of sp³-hybridized carbons (Fsp3) is 0.389. The minimum atomic E-state index is -1.07. The highest BCUT2D eigenvalue weighted by Crippen LogP contribution is 2.16. The number of fused-ring (bicyclic) bond motifs is 1. The SMILES string of the molecule is CC(=O)NCCN(C(=O)CCn1ccc2ccccc21)C(C)C(=O)O.